The van der Waals surface area contributed by atoms with Gasteiger partial charge in [0.1, 0.15) is 6.17 Å². The van der Waals surface area contributed by atoms with Gasteiger partial charge in [-0.15, -0.1) is 11.3 Å². The molecule has 0 bridgehead atoms. The van der Waals surface area contributed by atoms with E-state index in [2.05, 4.69) is 28.3 Å². The lowest BCUT2D eigenvalue weighted by atomic mass is 10.0. The average molecular weight is 340 g/mol. The molecule has 23 heavy (non-hydrogen) atoms. The summed E-state index contributed by atoms with van der Waals surface area (Å²) in [5, 5.41) is 2.07. The van der Waals surface area contributed by atoms with Crippen LogP contribution in [-0.2, 0) is 16.1 Å². The molecule has 4 nitrogen and oxygen atoms in total. The minimum Gasteiger partial charge on any atom is -0.465 e. The largest absolute Gasteiger partial charge is 0.465 e. The molecule has 3 atom stereocenters. The van der Waals surface area contributed by atoms with Gasteiger partial charge >= 0.3 is 5.97 Å². The van der Waals surface area contributed by atoms with Crippen LogP contribution in [0.25, 0.3) is 0 Å². The monoisotopic (exact) mass is 340 g/mol. The highest BCUT2D eigenvalue weighted by molar-refractivity contribution is 7.09. The predicted octanol–water partition coefficient (Wildman–Crippen LogP) is 2.55. The first-order valence-electron chi connectivity index (χ1n) is 8.37. The van der Waals surface area contributed by atoms with Crippen LogP contribution >= 0.6 is 11.3 Å². The first kappa shape index (κ1) is 16.9. The number of nitrogens with zero attached hydrogens (tertiary/aromatic N) is 2. The molecule has 0 unspecified atom stereocenters. The van der Waals surface area contributed by atoms with E-state index in [0.29, 0.717) is 19.6 Å². The number of thiophene rings is 1. The van der Waals surface area contributed by atoms with Crippen LogP contribution in [0.1, 0.15) is 24.1 Å². The molecule has 3 rings (SSSR count). The lowest BCUT2D eigenvalue weighted by Gasteiger charge is -2.28. The molecule has 6 heteroatoms. The van der Waals surface area contributed by atoms with E-state index in [1.54, 1.807) is 11.3 Å². The van der Waals surface area contributed by atoms with Crippen LogP contribution in [0.4, 0.5) is 4.39 Å². The first-order chi connectivity index (χ1) is 11.1. The van der Waals surface area contributed by atoms with E-state index in [1.807, 2.05) is 6.07 Å². The number of hydrogen-bond acceptors (Lipinski definition) is 5. The lowest BCUT2D eigenvalue weighted by Crippen LogP contribution is -2.39. The second kappa shape index (κ2) is 7.73. The van der Waals surface area contributed by atoms with Gasteiger partial charge in [0.25, 0.3) is 0 Å². The van der Waals surface area contributed by atoms with Crippen molar-refractivity contribution in [2.75, 3.05) is 33.3 Å². The fraction of sp³-hybridized carbons (Fsp3) is 0.706. The highest BCUT2D eigenvalue weighted by Gasteiger charge is 2.33. The summed E-state index contributed by atoms with van der Waals surface area (Å²) >= 11 is 1.73. The number of alkyl halides is 1. The Hall–Kier alpha value is -0.980. The zero-order chi connectivity index (χ0) is 16.2. The van der Waals surface area contributed by atoms with Crippen molar-refractivity contribution in [1.29, 1.82) is 0 Å². The second-order valence-electron chi connectivity index (χ2n) is 6.70. The van der Waals surface area contributed by atoms with Gasteiger partial charge in [-0.2, -0.15) is 0 Å². The number of likely N-dealkylation sites (N-methyl/N-ethyl adjacent to an activating group) is 1. The Bertz CT molecular complexity index is 511. The summed E-state index contributed by atoms with van der Waals surface area (Å²) in [5.41, 5.74) is 0. The van der Waals surface area contributed by atoms with E-state index in [4.69, 9.17) is 4.74 Å². The molecule has 0 N–H and O–H groups in total. The van der Waals surface area contributed by atoms with Crippen LogP contribution in [0.2, 0.25) is 0 Å². The Morgan fingerprint density at radius 1 is 1.52 bits per heavy atom. The Labute approximate surface area is 141 Å². The summed E-state index contributed by atoms with van der Waals surface area (Å²) < 4.78 is 18.9. The van der Waals surface area contributed by atoms with Crippen molar-refractivity contribution in [2.45, 2.75) is 38.0 Å². The third-order valence-electron chi connectivity index (χ3n) is 4.84. The van der Waals surface area contributed by atoms with E-state index in [-0.39, 0.29) is 17.9 Å². The number of carbonyl (C=O) groups excluding carboxylic acids is 1. The van der Waals surface area contributed by atoms with Crippen molar-refractivity contribution in [2.24, 2.45) is 5.92 Å². The summed E-state index contributed by atoms with van der Waals surface area (Å²) in [5.74, 6) is -0.000385. The van der Waals surface area contributed by atoms with Gasteiger partial charge < -0.3 is 9.64 Å². The number of likely N-dealkylation sites (tertiary alicyclic amines) is 1. The van der Waals surface area contributed by atoms with Gasteiger partial charge in [-0.05, 0) is 44.3 Å². The molecule has 1 aromatic heterocycles. The molecule has 2 saturated heterocycles. The molecule has 128 valence electrons. The lowest BCUT2D eigenvalue weighted by molar-refractivity contribution is -0.141. The molecule has 0 radical (unpaired) electrons. The Morgan fingerprint density at radius 3 is 3.09 bits per heavy atom. The third-order valence-corrected chi connectivity index (χ3v) is 5.70. The van der Waals surface area contributed by atoms with E-state index in [9.17, 15) is 9.18 Å². The normalized spacial score (nSPS) is 28.7. The van der Waals surface area contributed by atoms with Gasteiger partial charge in [0.15, 0.2) is 0 Å². The number of carbonyl (C=O) groups is 1. The molecule has 0 aromatic carbocycles. The Kier molecular flexibility index (Phi) is 5.67. The SMILES string of the molecule is CN(CC[C@H]1CCOC1=O)C[C@@H]1C[C@H](F)CN1Cc1cccs1. The highest BCUT2D eigenvalue weighted by atomic mass is 32.1. The van der Waals surface area contributed by atoms with Crippen LogP contribution in [-0.4, -0.2) is 61.3 Å². The smallest absolute Gasteiger partial charge is 0.309 e. The molecular formula is C17H25FN2O2S. The maximum absolute atomic E-state index is 13.9. The van der Waals surface area contributed by atoms with Crippen LogP contribution < -0.4 is 0 Å². The zero-order valence-electron chi connectivity index (χ0n) is 13.6. The molecule has 2 aliphatic heterocycles. The molecule has 1 aromatic rings. The van der Waals surface area contributed by atoms with E-state index in [1.165, 1.54) is 4.88 Å². The standard InChI is InChI=1S/C17H25FN2O2S/c1-19(6-4-13-5-7-22-17(13)21)11-15-9-14(18)10-20(15)12-16-3-2-8-23-16/h2-3,8,13-15H,4-7,9-12H2,1H3/t13-,14-,15-/m0/s1. The highest BCUT2D eigenvalue weighted by Crippen LogP contribution is 2.25. The maximum atomic E-state index is 13.9. The van der Waals surface area contributed by atoms with Crippen molar-refractivity contribution in [3.05, 3.63) is 22.4 Å². The van der Waals surface area contributed by atoms with Gasteiger partial charge in [0.05, 0.1) is 12.5 Å². The molecule has 2 fully saturated rings. The first-order valence-corrected chi connectivity index (χ1v) is 9.25. The van der Waals surface area contributed by atoms with E-state index in [0.717, 1.165) is 32.5 Å². The van der Waals surface area contributed by atoms with Crippen molar-refractivity contribution in [1.82, 2.24) is 9.80 Å². The molecule has 0 spiro atoms. The Balaban J connectivity index is 1.47. The predicted molar refractivity (Wildman–Crippen MR) is 89.2 cm³/mol. The number of esters is 1. The van der Waals surface area contributed by atoms with Crippen LogP contribution in [0.3, 0.4) is 0 Å². The van der Waals surface area contributed by atoms with Crippen LogP contribution in [0.15, 0.2) is 17.5 Å². The summed E-state index contributed by atoms with van der Waals surface area (Å²) in [6, 6.07) is 4.42. The van der Waals surface area contributed by atoms with Gasteiger partial charge in [-0.25, -0.2) is 4.39 Å². The topological polar surface area (TPSA) is 32.8 Å². The number of halogens is 1. The van der Waals surface area contributed by atoms with Crippen molar-refractivity contribution >= 4 is 17.3 Å². The Morgan fingerprint density at radius 2 is 2.39 bits per heavy atom. The summed E-state index contributed by atoms with van der Waals surface area (Å²) in [6.07, 6.45) is 1.57. The second-order valence-corrected chi connectivity index (χ2v) is 7.73. The fourth-order valence-electron chi connectivity index (χ4n) is 3.54. The quantitative estimate of drug-likeness (QED) is 0.714. The number of rotatable bonds is 7. The van der Waals surface area contributed by atoms with E-state index < -0.39 is 6.17 Å². The maximum Gasteiger partial charge on any atom is 0.309 e. The average Bonchev–Trinajstić information content (AvgIpc) is 3.21. The van der Waals surface area contributed by atoms with Crippen LogP contribution in [0, 0.1) is 5.92 Å². The fourth-order valence-corrected chi connectivity index (χ4v) is 4.27. The molecule has 0 amide bonds. The summed E-state index contributed by atoms with van der Waals surface area (Å²) in [6.45, 7) is 3.65. The minimum absolute atomic E-state index is 0.0529. The van der Waals surface area contributed by atoms with Crippen molar-refractivity contribution in [3.8, 4) is 0 Å². The van der Waals surface area contributed by atoms with Gasteiger partial charge in [0.2, 0.25) is 0 Å². The molecule has 3 heterocycles. The summed E-state index contributed by atoms with van der Waals surface area (Å²) in [4.78, 5) is 17.3. The van der Waals surface area contributed by atoms with Gasteiger partial charge in [-0.1, -0.05) is 6.07 Å². The van der Waals surface area contributed by atoms with Gasteiger partial charge in [0, 0.05) is 30.6 Å². The molecule has 2 aliphatic rings. The number of cyclic esters (lactones) is 1. The zero-order valence-corrected chi connectivity index (χ0v) is 14.4. The molecular weight excluding hydrogens is 315 g/mol. The van der Waals surface area contributed by atoms with Crippen molar-refractivity contribution < 1.29 is 13.9 Å². The number of hydrogen-bond donors (Lipinski definition) is 0. The number of ether oxygens (including phenoxy) is 1. The molecule has 0 saturated carbocycles. The van der Waals surface area contributed by atoms with E-state index >= 15 is 0 Å². The van der Waals surface area contributed by atoms with Crippen LogP contribution in [0.5, 0.6) is 0 Å². The minimum atomic E-state index is -0.724. The van der Waals surface area contributed by atoms with Crippen molar-refractivity contribution in [3.63, 3.8) is 0 Å². The third kappa shape index (κ3) is 4.52. The summed E-state index contributed by atoms with van der Waals surface area (Å²) in [7, 11) is 2.06. The molecule has 0 aliphatic carbocycles. The van der Waals surface area contributed by atoms with Gasteiger partial charge in [-0.3, -0.25) is 9.69 Å².